The van der Waals surface area contributed by atoms with Gasteiger partial charge in [-0.2, -0.15) is 5.26 Å². The lowest BCUT2D eigenvalue weighted by molar-refractivity contribution is -0.145. The summed E-state index contributed by atoms with van der Waals surface area (Å²) < 4.78 is 0. The molecule has 2 heterocycles. The van der Waals surface area contributed by atoms with E-state index in [2.05, 4.69) is 18.7 Å². The Morgan fingerprint density at radius 1 is 0.957 bits per heavy atom. The second-order valence-corrected chi connectivity index (χ2v) is 12.6. The summed E-state index contributed by atoms with van der Waals surface area (Å²) in [7, 11) is 0. The molecule has 0 fully saturated rings. The lowest BCUT2D eigenvalue weighted by atomic mass is 9.90. The molecule has 238 valence electrons. The average Bonchev–Trinajstić information content (AvgIpc) is 3.44. The van der Waals surface area contributed by atoms with Gasteiger partial charge >= 0.3 is 0 Å². The van der Waals surface area contributed by atoms with Crippen molar-refractivity contribution < 1.29 is 19.2 Å². The van der Waals surface area contributed by atoms with Crippen LogP contribution in [-0.2, 0) is 14.4 Å². The van der Waals surface area contributed by atoms with Gasteiger partial charge in [-0.15, -0.1) is 0 Å². The molecule has 2 aromatic carbocycles. The highest BCUT2D eigenvalue weighted by Gasteiger charge is 2.44. The number of anilines is 1. The van der Waals surface area contributed by atoms with Gasteiger partial charge in [0.15, 0.2) is 22.7 Å². The summed E-state index contributed by atoms with van der Waals surface area (Å²) in [5.74, 6) is -3.13. The summed E-state index contributed by atoms with van der Waals surface area (Å²) in [6, 6.07) is 14.3. The van der Waals surface area contributed by atoms with Crippen molar-refractivity contribution in [2.75, 3.05) is 18.0 Å². The zero-order valence-corrected chi connectivity index (χ0v) is 28.2. The minimum Gasteiger partial charge on any atom is -0.348 e. The van der Waals surface area contributed by atoms with Gasteiger partial charge in [0.2, 0.25) is 0 Å². The Kier molecular flexibility index (Phi) is 11.2. The van der Waals surface area contributed by atoms with Crippen LogP contribution in [0.3, 0.4) is 0 Å². The molecular weight excluding hydrogens is 596 g/mol. The normalized spacial score (nSPS) is 14.9. The molecule has 1 unspecified atom stereocenters. The van der Waals surface area contributed by atoms with Crippen LogP contribution in [0.25, 0.3) is 17.3 Å². The number of benzene rings is 2. The second kappa shape index (κ2) is 15.1. The molecule has 0 saturated carbocycles. The summed E-state index contributed by atoms with van der Waals surface area (Å²) in [4.78, 5) is 63.2. The first kappa shape index (κ1) is 34.2. The molecule has 0 N–H and O–H groups in total. The number of carbonyl (C=O) groups is 4. The number of aryl methyl sites for hydroxylation is 2. The number of ketones is 2. The van der Waals surface area contributed by atoms with Gasteiger partial charge in [-0.05, 0) is 63.3 Å². The highest BCUT2D eigenvalue weighted by atomic mass is 32.1. The molecule has 0 spiro atoms. The SMILES string of the molecule is CCCCN(CCCC)c1nc(-c2c(C)cccc2C)c(/C=C2\C(=O)N(C(C(C)=O)C(=O)c3ccccc3)C(=O)C(C#N)=C2C)s1. The maximum Gasteiger partial charge on any atom is 0.272 e. The van der Waals surface area contributed by atoms with Crippen LogP contribution < -0.4 is 4.90 Å². The van der Waals surface area contributed by atoms with Crippen LogP contribution in [-0.4, -0.2) is 52.4 Å². The lowest BCUT2D eigenvalue weighted by Crippen LogP contribution is -2.54. The van der Waals surface area contributed by atoms with E-state index in [9.17, 15) is 24.4 Å². The smallest absolute Gasteiger partial charge is 0.272 e. The Labute approximate surface area is 275 Å². The molecule has 0 saturated heterocycles. The first-order chi connectivity index (χ1) is 22.0. The van der Waals surface area contributed by atoms with Gasteiger partial charge in [0.1, 0.15) is 11.6 Å². The molecule has 8 nitrogen and oxygen atoms in total. The van der Waals surface area contributed by atoms with Crippen molar-refractivity contribution in [2.24, 2.45) is 0 Å². The van der Waals surface area contributed by atoms with Gasteiger partial charge in [-0.1, -0.05) is 86.6 Å². The molecular formula is C37H40N4O4S. The Hall–Kier alpha value is -4.68. The van der Waals surface area contributed by atoms with Gasteiger partial charge in [0, 0.05) is 29.8 Å². The van der Waals surface area contributed by atoms with Crippen molar-refractivity contribution in [1.29, 1.82) is 5.26 Å². The second-order valence-electron chi connectivity index (χ2n) is 11.6. The molecule has 3 aromatic rings. The minimum atomic E-state index is -1.71. The average molecular weight is 637 g/mol. The fourth-order valence-corrected chi connectivity index (χ4v) is 6.70. The number of amides is 2. The van der Waals surface area contributed by atoms with E-state index in [1.165, 1.54) is 30.4 Å². The third-order valence-electron chi connectivity index (χ3n) is 8.19. The summed E-state index contributed by atoms with van der Waals surface area (Å²) in [5.41, 5.74) is 3.85. The molecule has 46 heavy (non-hydrogen) atoms. The third kappa shape index (κ3) is 6.92. The monoisotopic (exact) mass is 636 g/mol. The van der Waals surface area contributed by atoms with E-state index in [0.717, 1.165) is 60.6 Å². The highest BCUT2D eigenvalue weighted by Crippen LogP contribution is 2.40. The van der Waals surface area contributed by atoms with Crippen molar-refractivity contribution in [3.63, 3.8) is 0 Å². The predicted molar refractivity (Wildman–Crippen MR) is 182 cm³/mol. The molecule has 2 amide bonds. The van der Waals surface area contributed by atoms with Crippen LogP contribution in [0, 0.1) is 25.2 Å². The molecule has 1 atom stereocenters. The van der Waals surface area contributed by atoms with Crippen molar-refractivity contribution in [1.82, 2.24) is 9.88 Å². The summed E-state index contributed by atoms with van der Waals surface area (Å²) in [5, 5.41) is 10.9. The first-order valence-electron chi connectivity index (χ1n) is 15.7. The number of hydrogen-bond donors (Lipinski definition) is 0. The van der Waals surface area contributed by atoms with E-state index >= 15 is 0 Å². The van der Waals surface area contributed by atoms with Crippen molar-refractivity contribution in [3.8, 4) is 17.3 Å². The molecule has 0 bridgehead atoms. The zero-order valence-electron chi connectivity index (χ0n) is 27.3. The first-order valence-corrected chi connectivity index (χ1v) is 16.5. The molecule has 0 aliphatic carbocycles. The minimum absolute atomic E-state index is 0.0691. The maximum atomic E-state index is 14.3. The Bertz CT molecular complexity index is 1730. The van der Waals surface area contributed by atoms with Crippen LogP contribution in [0.2, 0.25) is 0 Å². The van der Waals surface area contributed by atoms with E-state index in [-0.39, 0.29) is 22.3 Å². The predicted octanol–water partition coefficient (Wildman–Crippen LogP) is 7.27. The van der Waals surface area contributed by atoms with Gasteiger partial charge in [0.05, 0.1) is 10.6 Å². The Morgan fingerprint density at radius 2 is 1.57 bits per heavy atom. The molecule has 1 aliphatic rings. The number of rotatable bonds is 13. The van der Waals surface area contributed by atoms with Crippen molar-refractivity contribution in [2.45, 2.75) is 73.3 Å². The third-order valence-corrected chi connectivity index (χ3v) is 9.25. The number of Topliss-reactive ketones (excluding diaryl/α,β-unsaturated/α-hetero) is 2. The Morgan fingerprint density at radius 3 is 2.11 bits per heavy atom. The number of nitrogens with zero attached hydrogens (tertiary/aromatic N) is 4. The highest BCUT2D eigenvalue weighted by molar-refractivity contribution is 7.17. The van der Waals surface area contributed by atoms with Gasteiger partial charge < -0.3 is 4.90 Å². The van der Waals surface area contributed by atoms with Crippen LogP contribution in [0.1, 0.15) is 79.7 Å². The fraction of sp³-hybridized carbons (Fsp3) is 0.351. The van der Waals surface area contributed by atoms with Gasteiger partial charge in [-0.25, -0.2) is 4.98 Å². The summed E-state index contributed by atoms with van der Waals surface area (Å²) in [6.45, 7) is 12.7. The van der Waals surface area contributed by atoms with E-state index in [1.807, 2.05) is 38.1 Å². The molecule has 0 radical (unpaired) electrons. The van der Waals surface area contributed by atoms with Crippen LogP contribution in [0.5, 0.6) is 0 Å². The number of aromatic nitrogens is 1. The van der Waals surface area contributed by atoms with Crippen LogP contribution in [0.4, 0.5) is 5.13 Å². The van der Waals surface area contributed by atoms with Crippen LogP contribution in [0.15, 0.2) is 65.3 Å². The molecule has 9 heteroatoms. The molecule has 1 aromatic heterocycles. The topological polar surface area (TPSA) is 111 Å². The molecule has 4 rings (SSSR count). The number of thiazole rings is 1. The van der Waals surface area contributed by atoms with E-state index < -0.39 is 29.4 Å². The largest absolute Gasteiger partial charge is 0.348 e. The van der Waals surface area contributed by atoms with Gasteiger partial charge in [-0.3, -0.25) is 24.1 Å². The number of nitriles is 1. The number of carbonyl (C=O) groups excluding carboxylic acids is 4. The van der Waals surface area contributed by atoms with E-state index in [1.54, 1.807) is 31.2 Å². The number of hydrogen-bond acceptors (Lipinski definition) is 8. The van der Waals surface area contributed by atoms with Gasteiger partial charge in [0.25, 0.3) is 11.8 Å². The quantitative estimate of drug-likeness (QED) is 0.0840. The summed E-state index contributed by atoms with van der Waals surface area (Å²) >= 11 is 1.45. The zero-order chi connectivity index (χ0) is 33.5. The van der Waals surface area contributed by atoms with Crippen molar-refractivity contribution >= 4 is 45.9 Å². The van der Waals surface area contributed by atoms with E-state index in [4.69, 9.17) is 4.98 Å². The Balaban J connectivity index is 1.94. The standard InChI is InChI=1S/C37H40N4O4S/c1-7-9-19-40(20-10-8-2)37-39-32(31-23(3)15-14-16-24(31)4)30(46-37)21-28-25(5)29(22-38)36(45)41(35(28)44)33(26(6)42)34(43)27-17-12-11-13-18-27/h11-18,21,33H,7-10,19-20H2,1-6H3/b28-21-. The van der Waals surface area contributed by atoms with Crippen LogP contribution >= 0.6 is 11.3 Å². The fourth-order valence-electron chi connectivity index (χ4n) is 5.63. The number of imide groups is 1. The summed E-state index contributed by atoms with van der Waals surface area (Å²) in [6.07, 6.45) is 5.74. The lowest BCUT2D eigenvalue weighted by Gasteiger charge is -2.32. The number of unbranched alkanes of at least 4 members (excludes halogenated alkanes) is 2. The maximum absolute atomic E-state index is 14.3. The van der Waals surface area contributed by atoms with E-state index in [0.29, 0.717) is 15.5 Å². The van der Waals surface area contributed by atoms with Crippen molar-refractivity contribution in [3.05, 3.63) is 86.8 Å². The molecule has 1 aliphatic heterocycles.